The number of hydrogen-bond acceptors (Lipinski definition) is 5. The average molecular weight is 268 g/mol. The van der Waals surface area contributed by atoms with E-state index in [1.54, 1.807) is 6.08 Å². The minimum Gasteiger partial charge on any atom is -0.508 e. The molecule has 18 heavy (non-hydrogen) atoms. The molecule has 3 unspecified atom stereocenters. The van der Waals surface area contributed by atoms with Crippen LogP contribution in [0.2, 0.25) is 0 Å². The van der Waals surface area contributed by atoms with Crippen LogP contribution in [-0.4, -0.2) is 31.0 Å². The van der Waals surface area contributed by atoms with E-state index >= 15 is 0 Å². The van der Waals surface area contributed by atoms with Crippen LogP contribution >= 0.6 is 0 Å². The molecular weight excluding hydrogens is 256 g/mol. The molecule has 1 N–H and O–H groups in total. The topological polar surface area (TPSA) is 72.8 Å². The van der Waals surface area contributed by atoms with Crippen molar-refractivity contribution in [2.75, 3.05) is 0 Å². The summed E-state index contributed by atoms with van der Waals surface area (Å²) in [6, 6.07) is 5.58. The number of aromatic hydroxyl groups is 1. The van der Waals surface area contributed by atoms with Crippen molar-refractivity contribution in [2.45, 2.75) is 23.9 Å². The van der Waals surface area contributed by atoms with Crippen LogP contribution in [0.4, 0.5) is 0 Å². The molecule has 3 atom stereocenters. The normalized spacial score (nSPS) is 29.7. The first kappa shape index (κ1) is 11.6. The van der Waals surface area contributed by atoms with E-state index in [9.17, 15) is 8.42 Å². The molecule has 1 fully saturated rings. The predicted octanol–water partition coefficient (Wildman–Crippen LogP) is 1.20. The highest BCUT2D eigenvalue weighted by Crippen LogP contribution is 2.34. The lowest BCUT2D eigenvalue weighted by molar-refractivity contribution is 0.121. The molecular formula is C12H12O5S. The molecule has 6 heteroatoms. The number of phenols is 1. The van der Waals surface area contributed by atoms with Gasteiger partial charge in [-0.05, 0) is 24.3 Å². The van der Waals surface area contributed by atoms with Gasteiger partial charge in [0.1, 0.15) is 16.7 Å². The second-order valence-corrected chi connectivity index (χ2v) is 6.13. The molecule has 1 saturated heterocycles. The summed E-state index contributed by atoms with van der Waals surface area (Å²) in [4.78, 5) is 0. The van der Waals surface area contributed by atoms with Gasteiger partial charge in [0.15, 0.2) is 0 Å². The maximum atomic E-state index is 12.1. The van der Waals surface area contributed by atoms with Crippen molar-refractivity contribution in [3.05, 3.63) is 36.4 Å². The quantitative estimate of drug-likeness (QED) is 0.658. The molecule has 2 heterocycles. The molecule has 0 amide bonds. The van der Waals surface area contributed by atoms with Gasteiger partial charge in [-0.1, -0.05) is 12.2 Å². The van der Waals surface area contributed by atoms with Crippen LogP contribution < -0.4 is 4.18 Å². The highest BCUT2D eigenvalue weighted by Gasteiger charge is 2.45. The van der Waals surface area contributed by atoms with Crippen LogP contribution in [-0.2, 0) is 14.9 Å². The van der Waals surface area contributed by atoms with Crippen molar-refractivity contribution in [2.24, 2.45) is 0 Å². The first-order chi connectivity index (χ1) is 8.54. The number of phenolic OH excluding ortho intramolecular Hbond substituents is 1. The van der Waals surface area contributed by atoms with E-state index in [-0.39, 0.29) is 17.6 Å². The van der Waals surface area contributed by atoms with E-state index in [1.807, 2.05) is 6.08 Å². The molecule has 0 saturated carbocycles. The van der Waals surface area contributed by atoms with Crippen LogP contribution in [0.5, 0.6) is 11.5 Å². The van der Waals surface area contributed by atoms with Crippen molar-refractivity contribution >= 4 is 10.1 Å². The summed E-state index contributed by atoms with van der Waals surface area (Å²) >= 11 is 0. The van der Waals surface area contributed by atoms with E-state index < -0.39 is 21.5 Å². The van der Waals surface area contributed by atoms with Crippen molar-refractivity contribution in [3.8, 4) is 11.5 Å². The number of rotatable bonds is 3. The average Bonchev–Trinajstić information content (AvgIpc) is 2.94. The SMILES string of the molecule is O=S(=O)(Oc1ccc(O)cc1)C1CC2C=CC1O2. The standard InChI is InChI=1S/C12H12O5S/c13-8-1-3-9(4-2-8)17-18(14,15)12-7-10-5-6-11(12)16-10/h1-6,10-13H,7H2. The second-order valence-electron chi connectivity index (χ2n) is 4.37. The Hall–Kier alpha value is -1.53. The summed E-state index contributed by atoms with van der Waals surface area (Å²) in [6.07, 6.45) is 3.55. The molecule has 5 nitrogen and oxygen atoms in total. The largest absolute Gasteiger partial charge is 0.508 e. The molecule has 2 aliphatic heterocycles. The second kappa shape index (κ2) is 4.00. The van der Waals surface area contributed by atoms with Crippen LogP contribution in [0.15, 0.2) is 36.4 Å². The third kappa shape index (κ3) is 1.97. The minimum absolute atomic E-state index is 0.0611. The highest BCUT2D eigenvalue weighted by atomic mass is 32.2. The molecule has 0 aromatic heterocycles. The molecule has 2 bridgehead atoms. The fourth-order valence-electron chi connectivity index (χ4n) is 2.21. The van der Waals surface area contributed by atoms with Crippen molar-refractivity contribution in [3.63, 3.8) is 0 Å². The Balaban J connectivity index is 1.79. The molecule has 2 aliphatic rings. The first-order valence-electron chi connectivity index (χ1n) is 5.61. The lowest BCUT2D eigenvalue weighted by Gasteiger charge is -2.16. The van der Waals surface area contributed by atoms with Crippen molar-refractivity contribution in [1.82, 2.24) is 0 Å². The molecule has 0 spiro atoms. The van der Waals surface area contributed by atoms with Gasteiger partial charge in [-0.15, -0.1) is 0 Å². The van der Waals surface area contributed by atoms with Crippen molar-refractivity contribution < 1.29 is 22.4 Å². The Morgan fingerprint density at radius 1 is 1.22 bits per heavy atom. The lowest BCUT2D eigenvalue weighted by atomic mass is 10.1. The third-order valence-electron chi connectivity index (χ3n) is 3.10. The Bertz CT molecular complexity index is 575. The van der Waals surface area contributed by atoms with Gasteiger partial charge in [-0.2, -0.15) is 8.42 Å². The number of fused-ring (bicyclic) bond motifs is 2. The number of hydrogen-bond donors (Lipinski definition) is 1. The van der Waals surface area contributed by atoms with Crippen LogP contribution in [0.25, 0.3) is 0 Å². The molecule has 1 aromatic carbocycles. The zero-order chi connectivity index (χ0) is 12.8. The zero-order valence-electron chi connectivity index (χ0n) is 9.39. The van der Waals surface area contributed by atoms with E-state index in [1.165, 1.54) is 24.3 Å². The van der Waals surface area contributed by atoms with E-state index in [2.05, 4.69) is 0 Å². The van der Waals surface area contributed by atoms with Gasteiger partial charge >= 0.3 is 10.1 Å². The molecule has 1 aromatic rings. The van der Waals surface area contributed by atoms with E-state index in [4.69, 9.17) is 14.0 Å². The number of benzene rings is 1. The maximum absolute atomic E-state index is 12.1. The highest BCUT2D eigenvalue weighted by molar-refractivity contribution is 7.87. The summed E-state index contributed by atoms with van der Waals surface area (Å²) < 4.78 is 34.6. The fourth-order valence-corrected chi connectivity index (χ4v) is 3.63. The molecule has 0 radical (unpaired) electrons. The van der Waals surface area contributed by atoms with Gasteiger partial charge in [0.05, 0.1) is 12.2 Å². The Labute approximate surface area is 105 Å². The summed E-state index contributed by atoms with van der Waals surface area (Å²) in [5.74, 6) is 0.255. The molecule has 3 rings (SSSR count). The van der Waals surface area contributed by atoms with Crippen LogP contribution in [0, 0.1) is 0 Å². The lowest BCUT2D eigenvalue weighted by Crippen LogP contribution is -2.32. The fraction of sp³-hybridized carbons (Fsp3) is 0.333. The summed E-state index contributed by atoms with van der Waals surface area (Å²) in [5.41, 5.74) is 0. The van der Waals surface area contributed by atoms with E-state index in [0.717, 1.165) is 0 Å². The van der Waals surface area contributed by atoms with Crippen LogP contribution in [0.1, 0.15) is 6.42 Å². The molecule has 96 valence electrons. The Morgan fingerprint density at radius 3 is 2.50 bits per heavy atom. The Kier molecular flexibility index (Phi) is 2.57. The van der Waals surface area contributed by atoms with Crippen LogP contribution in [0.3, 0.4) is 0 Å². The first-order valence-corrected chi connectivity index (χ1v) is 7.08. The van der Waals surface area contributed by atoms with Gasteiger partial charge in [-0.25, -0.2) is 0 Å². The Morgan fingerprint density at radius 2 is 1.94 bits per heavy atom. The summed E-state index contributed by atoms with van der Waals surface area (Å²) in [5, 5.41) is 8.47. The van der Waals surface area contributed by atoms with Gasteiger partial charge in [-0.3, -0.25) is 0 Å². The smallest absolute Gasteiger partial charge is 0.315 e. The summed E-state index contributed by atoms with van der Waals surface area (Å²) in [6.45, 7) is 0. The van der Waals surface area contributed by atoms with Gasteiger partial charge < -0.3 is 14.0 Å². The molecule has 0 aliphatic carbocycles. The summed E-state index contributed by atoms with van der Waals surface area (Å²) in [7, 11) is -3.71. The van der Waals surface area contributed by atoms with Gasteiger partial charge in [0.2, 0.25) is 0 Å². The monoisotopic (exact) mass is 268 g/mol. The third-order valence-corrected chi connectivity index (χ3v) is 4.73. The maximum Gasteiger partial charge on any atom is 0.315 e. The zero-order valence-corrected chi connectivity index (χ0v) is 10.2. The van der Waals surface area contributed by atoms with E-state index in [0.29, 0.717) is 6.42 Å². The predicted molar refractivity (Wildman–Crippen MR) is 63.9 cm³/mol. The van der Waals surface area contributed by atoms with Crippen molar-refractivity contribution in [1.29, 1.82) is 0 Å². The number of ether oxygens (including phenoxy) is 1. The van der Waals surface area contributed by atoms with Gasteiger partial charge in [0.25, 0.3) is 0 Å². The minimum atomic E-state index is -3.71. The van der Waals surface area contributed by atoms with Gasteiger partial charge in [0, 0.05) is 6.42 Å².